The Morgan fingerprint density at radius 2 is 1.80 bits per heavy atom. The molecule has 3 heterocycles. The number of hydrogen-bond donors (Lipinski definition) is 3. The molecule has 1 aliphatic carbocycles. The average Bonchev–Trinajstić information content (AvgIpc) is 3.80. The van der Waals surface area contributed by atoms with Crippen LogP contribution in [0.2, 0.25) is 10.0 Å². The first-order valence-corrected chi connectivity index (χ1v) is 19.5. The van der Waals surface area contributed by atoms with Crippen molar-refractivity contribution in [3.8, 4) is 34.4 Å². The molecule has 4 aromatic rings. The second kappa shape index (κ2) is 17.8. The molecule has 3 aliphatic rings. The predicted octanol–water partition coefficient (Wildman–Crippen LogP) is 7.17. The number of aromatic nitrogens is 1. The Hall–Kier alpha value is -4.37. The lowest BCUT2D eigenvalue weighted by Gasteiger charge is -2.29. The molecule has 10 nitrogen and oxygen atoms in total. The molecule has 1 amide bonds. The van der Waals surface area contributed by atoms with Crippen LogP contribution in [0.3, 0.4) is 0 Å². The molecule has 0 radical (unpaired) electrons. The van der Waals surface area contributed by atoms with E-state index < -0.39 is 0 Å². The van der Waals surface area contributed by atoms with Gasteiger partial charge in [0, 0.05) is 80.3 Å². The minimum Gasteiger partial charge on any atom is -0.492 e. The Morgan fingerprint density at radius 3 is 2.61 bits per heavy atom. The first kappa shape index (κ1) is 37.9. The van der Waals surface area contributed by atoms with Crippen LogP contribution < -0.4 is 24.8 Å². The molecule has 3 aromatic carbocycles. The number of carbonyl (C=O) groups is 1. The Kier molecular flexibility index (Phi) is 12.5. The van der Waals surface area contributed by atoms with E-state index in [1.54, 1.807) is 12.3 Å². The summed E-state index contributed by atoms with van der Waals surface area (Å²) in [6, 6.07) is 19.9. The van der Waals surface area contributed by atoms with Crippen LogP contribution in [-0.4, -0.2) is 65.8 Å². The van der Waals surface area contributed by atoms with E-state index in [2.05, 4.69) is 38.7 Å². The molecule has 1 aromatic heterocycles. The molecule has 2 saturated heterocycles. The highest BCUT2D eigenvalue weighted by atomic mass is 35.5. The van der Waals surface area contributed by atoms with E-state index in [4.69, 9.17) is 37.4 Å². The zero-order valence-corrected chi connectivity index (χ0v) is 31.7. The van der Waals surface area contributed by atoms with Crippen LogP contribution in [0.4, 0.5) is 0 Å². The summed E-state index contributed by atoms with van der Waals surface area (Å²) in [5.74, 6) is 1.86. The van der Waals surface area contributed by atoms with Gasteiger partial charge in [0.1, 0.15) is 36.0 Å². The zero-order valence-electron chi connectivity index (χ0n) is 30.2. The summed E-state index contributed by atoms with van der Waals surface area (Å²) >= 11 is 13.9. The van der Waals surface area contributed by atoms with Crippen molar-refractivity contribution in [1.29, 1.82) is 5.26 Å². The fourth-order valence-electron chi connectivity index (χ4n) is 7.53. The maximum atomic E-state index is 11.7. The summed E-state index contributed by atoms with van der Waals surface area (Å²) in [6.07, 6.45) is 8.26. The van der Waals surface area contributed by atoms with E-state index in [1.807, 2.05) is 36.4 Å². The minimum absolute atomic E-state index is 0.0764. The Labute approximate surface area is 326 Å². The third kappa shape index (κ3) is 9.28. The summed E-state index contributed by atoms with van der Waals surface area (Å²) in [4.78, 5) is 18.2. The number of nitrogens with one attached hydrogen (secondary N) is 2. The molecule has 0 unspecified atom stereocenters. The highest BCUT2D eigenvalue weighted by Crippen LogP contribution is 2.45. The number of amides is 1. The second-order valence-electron chi connectivity index (χ2n) is 14.2. The third-order valence-corrected chi connectivity index (χ3v) is 11.1. The highest BCUT2D eigenvalue weighted by molar-refractivity contribution is 6.35. The number of benzene rings is 3. The predicted molar refractivity (Wildman–Crippen MR) is 208 cm³/mol. The van der Waals surface area contributed by atoms with Crippen molar-refractivity contribution in [2.24, 2.45) is 0 Å². The maximum absolute atomic E-state index is 11.7. The number of halogens is 2. The van der Waals surface area contributed by atoms with Gasteiger partial charge >= 0.3 is 0 Å². The number of nitriles is 1. The monoisotopic (exact) mass is 769 g/mol. The van der Waals surface area contributed by atoms with E-state index >= 15 is 0 Å². The van der Waals surface area contributed by atoms with Crippen LogP contribution >= 0.6 is 23.2 Å². The van der Waals surface area contributed by atoms with E-state index in [-0.39, 0.29) is 30.8 Å². The van der Waals surface area contributed by atoms with Crippen LogP contribution in [0, 0.1) is 11.3 Å². The van der Waals surface area contributed by atoms with Crippen molar-refractivity contribution in [2.75, 3.05) is 32.8 Å². The van der Waals surface area contributed by atoms with Crippen LogP contribution in [0.15, 0.2) is 67.0 Å². The number of likely N-dealkylation sites (tertiary alicyclic amines) is 1. The number of nitrogens with zero attached hydrogens (tertiary/aromatic N) is 3. The molecule has 12 heteroatoms. The number of pyridine rings is 1. The van der Waals surface area contributed by atoms with Gasteiger partial charge in [-0.15, -0.1) is 0 Å². The lowest BCUT2D eigenvalue weighted by molar-refractivity contribution is -0.119. The lowest BCUT2D eigenvalue weighted by Crippen LogP contribution is -2.36. The van der Waals surface area contributed by atoms with Crippen molar-refractivity contribution in [1.82, 2.24) is 20.5 Å². The zero-order chi connectivity index (χ0) is 37.4. The topological polar surface area (TPSA) is 129 Å². The normalized spacial score (nSPS) is 18.6. The van der Waals surface area contributed by atoms with Crippen LogP contribution in [0.5, 0.6) is 17.2 Å². The number of aliphatic hydroxyl groups excluding tert-OH is 1. The minimum atomic E-state index is -0.231. The standard InChI is InChI=1S/C42H45Cl2N5O5/c43-36-19-29(24-47-25-30-8-11-41(51)48-30)39(53-26-28-18-27(21-45)22-46-23-28)20-40(36)54-37-10-9-33-32(4-1-5-34(33)37)35-6-2-7-38(42(35)44)52-17-3-14-49-15-12-31(50)13-16-49/h1-2,4-7,18-20,22-23,30-31,37,47,50H,3,8-17,24-26H2,(H,48,51)/t30-,37+/m1/s1. The number of rotatable bonds is 15. The molecular formula is C42H45Cl2N5O5. The van der Waals surface area contributed by atoms with Crippen molar-refractivity contribution in [3.05, 3.63) is 105 Å². The SMILES string of the molecule is N#Cc1cncc(COc2cc(O[C@H]3CCc4c(-c5cccc(OCCCN6CCC(O)CC6)c5Cl)cccc43)c(Cl)cc2CNC[C@H]2CCC(=O)N2)c1. The Morgan fingerprint density at radius 1 is 0.963 bits per heavy atom. The van der Waals surface area contributed by atoms with Crippen LogP contribution in [-0.2, 0) is 24.4 Å². The molecular weight excluding hydrogens is 725 g/mol. The van der Waals surface area contributed by atoms with E-state index in [0.717, 1.165) is 86.0 Å². The molecule has 0 spiro atoms. The molecule has 282 valence electrons. The van der Waals surface area contributed by atoms with Gasteiger partial charge in [0.2, 0.25) is 5.91 Å². The van der Waals surface area contributed by atoms with E-state index in [1.165, 1.54) is 11.8 Å². The maximum Gasteiger partial charge on any atom is 0.220 e. The van der Waals surface area contributed by atoms with Gasteiger partial charge in [-0.25, -0.2) is 0 Å². The van der Waals surface area contributed by atoms with Crippen molar-refractivity contribution in [3.63, 3.8) is 0 Å². The molecule has 2 aliphatic heterocycles. The number of fused-ring (bicyclic) bond motifs is 1. The number of hydrogen-bond acceptors (Lipinski definition) is 9. The van der Waals surface area contributed by atoms with E-state index in [9.17, 15) is 15.2 Å². The summed E-state index contributed by atoms with van der Waals surface area (Å²) in [5, 5.41) is 26.6. The van der Waals surface area contributed by atoms with E-state index in [0.29, 0.717) is 59.0 Å². The molecule has 54 heavy (non-hydrogen) atoms. The largest absolute Gasteiger partial charge is 0.492 e. The lowest BCUT2D eigenvalue weighted by atomic mass is 9.96. The van der Waals surface area contributed by atoms with Crippen LogP contribution in [0.1, 0.15) is 72.4 Å². The highest BCUT2D eigenvalue weighted by Gasteiger charge is 2.29. The van der Waals surface area contributed by atoms with Gasteiger partial charge in [0.05, 0.1) is 28.3 Å². The Balaban J connectivity index is 1.05. The van der Waals surface area contributed by atoms with Crippen molar-refractivity contribution < 1.29 is 24.1 Å². The number of ether oxygens (including phenoxy) is 3. The smallest absolute Gasteiger partial charge is 0.220 e. The quantitative estimate of drug-likeness (QED) is 0.108. The fourth-order valence-corrected chi connectivity index (χ4v) is 8.04. The van der Waals surface area contributed by atoms with Gasteiger partial charge in [0.25, 0.3) is 0 Å². The van der Waals surface area contributed by atoms with Gasteiger partial charge < -0.3 is 34.9 Å². The summed E-state index contributed by atoms with van der Waals surface area (Å²) in [7, 11) is 0. The number of piperidine rings is 1. The summed E-state index contributed by atoms with van der Waals surface area (Å²) in [5.41, 5.74) is 6.33. The summed E-state index contributed by atoms with van der Waals surface area (Å²) in [6.45, 7) is 4.65. The first-order chi connectivity index (χ1) is 26.3. The van der Waals surface area contributed by atoms with Gasteiger partial charge in [-0.05, 0) is 73.4 Å². The molecule has 2 atom stereocenters. The van der Waals surface area contributed by atoms with Gasteiger partial charge in [-0.2, -0.15) is 5.26 Å². The molecule has 0 saturated carbocycles. The number of aliphatic hydroxyl groups is 1. The molecule has 7 rings (SSSR count). The Bertz CT molecular complexity index is 2000. The van der Waals surface area contributed by atoms with Crippen molar-refractivity contribution in [2.45, 2.75) is 76.3 Å². The van der Waals surface area contributed by atoms with Gasteiger partial charge in [0.15, 0.2) is 0 Å². The summed E-state index contributed by atoms with van der Waals surface area (Å²) < 4.78 is 19.2. The second-order valence-corrected chi connectivity index (χ2v) is 15.0. The first-order valence-electron chi connectivity index (χ1n) is 18.7. The van der Waals surface area contributed by atoms with Crippen molar-refractivity contribution >= 4 is 29.1 Å². The molecule has 3 N–H and O–H groups in total. The molecule has 2 fully saturated rings. The average molecular weight is 771 g/mol. The van der Waals surface area contributed by atoms with Gasteiger partial charge in [-0.3, -0.25) is 9.78 Å². The van der Waals surface area contributed by atoms with Gasteiger partial charge in [-0.1, -0.05) is 53.5 Å². The molecule has 0 bridgehead atoms. The fraction of sp³-hybridized carbons (Fsp3) is 0.405. The van der Waals surface area contributed by atoms with Crippen LogP contribution in [0.25, 0.3) is 11.1 Å². The number of carbonyl (C=O) groups excluding carboxylic acids is 1. The third-order valence-electron chi connectivity index (χ3n) is 10.4.